The summed E-state index contributed by atoms with van der Waals surface area (Å²) in [5.74, 6) is 0.536. The largest absolute Gasteiger partial charge is 0.485 e. The molecule has 2 aliphatic heterocycles. The van der Waals surface area contributed by atoms with Crippen LogP contribution in [0, 0.1) is 12.8 Å². The number of halogens is 3. The van der Waals surface area contributed by atoms with Gasteiger partial charge >= 0.3 is 6.09 Å². The van der Waals surface area contributed by atoms with Gasteiger partial charge in [0.05, 0.1) is 28.9 Å². The number of pyridine rings is 1. The van der Waals surface area contributed by atoms with E-state index in [1.807, 2.05) is 76.0 Å². The third kappa shape index (κ3) is 9.92. The molecule has 6 rings (SSSR count). The molecule has 10 nitrogen and oxygen atoms in total. The number of amides is 3. The van der Waals surface area contributed by atoms with E-state index in [1.54, 1.807) is 11.0 Å². The topological polar surface area (TPSA) is 104 Å². The molecule has 3 aromatic rings. The molecule has 3 atom stereocenters. The Morgan fingerprint density at radius 2 is 1.69 bits per heavy atom. The first kappa shape index (κ1) is 39.9. The molecule has 3 heterocycles. The minimum absolute atomic E-state index is 0.0296. The fraction of sp³-hybridized carbons (Fsp3) is 0.512. The maximum absolute atomic E-state index is 14.8. The Hall–Kier alpha value is -3.73. The van der Waals surface area contributed by atoms with Crippen molar-refractivity contribution in [2.24, 2.45) is 5.92 Å². The molecule has 1 N–H and O–H groups in total. The van der Waals surface area contributed by atoms with Gasteiger partial charge in [-0.25, -0.2) is 9.78 Å². The Morgan fingerprint density at radius 3 is 2.33 bits per heavy atom. The Kier molecular flexibility index (Phi) is 12.5. The molecule has 0 spiro atoms. The monoisotopic (exact) mass is 797 g/mol. The average molecular weight is 799 g/mol. The van der Waals surface area contributed by atoms with Crippen molar-refractivity contribution in [2.75, 3.05) is 37.6 Å². The van der Waals surface area contributed by atoms with Gasteiger partial charge in [-0.3, -0.25) is 9.59 Å². The van der Waals surface area contributed by atoms with Crippen LogP contribution < -0.4 is 15.0 Å². The lowest BCUT2D eigenvalue weighted by atomic mass is 9.80. The first-order valence-electron chi connectivity index (χ1n) is 18.8. The molecule has 3 amide bonds. The fourth-order valence-electron chi connectivity index (χ4n) is 7.37. The van der Waals surface area contributed by atoms with Gasteiger partial charge < -0.3 is 29.5 Å². The molecule has 1 aromatic heterocycles. The van der Waals surface area contributed by atoms with Crippen LogP contribution in [0.1, 0.15) is 81.5 Å². The summed E-state index contributed by atoms with van der Waals surface area (Å²) in [5.41, 5.74) is 2.88. The maximum atomic E-state index is 14.8. The van der Waals surface area contributed by atoms with Crippen molar-refractivity contribution in [3.8, 4) is 5.75 Å². The highest BCUT2D eigenvalue weighted by Crippen LogP contribution is 2.40. The third-order valence-electron chi connectivity index (χ3n) is 10.1. The maximum Gasteiger partial charge on any atom is 0.410 e. The van der Waals surface area contributed by atoms with Crippen LogP contribution in [0.5, 0.6) is 5.75 Å². The van der Waals surface area contributed by atoms with Gasteiger partial charge in [0, 0.05) is 62.3 Å². The van der Waals surface area contributed by atoms with Gasteiger partial charge in [-0.05, 0) is 100 Å². The molecular formula is C41H50Cl3N5O5. The lowest BCUT2D eigenvalue weighted by Gasteiger charge is -2.40. The molecule has 1 saturated carbocycles. The second kappa shape index (κ2) is 17.0. The summed E-state index contributed by atoms with van der Waals surface area (Å²) in [6.45, 7) is 12.3. The highest BCUT2D eigenvalue weighted by Gasteiger charge is 2.43. The van der Waals surface area contributed by atoms with Crippen LogP contribution in [0.2, 0.25) is 15.1 Å². The summed E-state index contributed by atoms with van der Waals surface area (Å²) in [5, 5.41) is 4.38. The van der Waals surface area contributed by atoms with Crippen molar-refractivity contribution >= 4 is 58.5 Å². The summed E-state index contributed by atoms with van der Waals surface area (Å²) in [7, 11) is 0. The summed E-state index contributed by atoms with van der Waals surface area (Å²) in [4.78, 5) is 51.1. The Bertz CT molecular complexity index is 1820. The quantitative estimate of drug-likeness (QED) is 0.209. The zero-order valence-corrected chi connectivity index (χ0v) is 33.9. The Morgan fingerprint density at radius 1 is 0.944 bits per heavy atom. The number of carbonyl (C=O) groups excluding carboxylic acids is 3. The Balaban J connectivity index is 1.21. The van der Waals surface area contributed by atoms with Crippen LogP contribution in [0.25, 0.3) is 0 Å². The zero-order chi connectivity index (χ0) is 38.7. The number of hydrogen-bond donors (Lipinski definition) is 1. The number of likely N-dealkylation sites (N-methyl/N-ethyl adjacent to an activating group) is 1. The summed E-state index contributed by atoms with van der Waals surface area (Å²) in [6.07, 6.45) is 4.74. The van der Waals surface area contributed by atoms with Gasteiger partial charge in [-0.2, -0.15) is 0 Å². The van der Waals surface area contributed by atoms with E-state index in [0.717, 1.165) is 53.9 Å². The van der Waals surface area contributed by atoms with Crippen LogP contribution in [-0.2, 0) is 27.3 Å². The van der Waals surface area contributed by atoms with Crippen molar-refractivity contribution in [1.82, 2.24) is 20.1 Å². The molecule has 3 aliphatic rings. The number of rotatable bonds is 11. The second-order valence-corrected chi connectivity index (χ2v) is 16.9. The molecule has 2 saturated heterocycles. The first-order chi connectivity index (χ1) is 25.7. The van der Waals surface area contributed by atoms with Gasteiger partial charge in [-0.15, -0.1) is 0 Å². The van der Waals surface area contributed by atoms with Crippen molar-refractivity contribution in [2.45, 2.75) is 96.9 Å². The molecule has 290 valence electrons. The molecule has 3 fully saturated rings. The number of benzene rings is 2. The molecule has 54 heavy (non-hydrogen) atoms. The van der Waals surface area contributed by atoms with Gasteiger partial charge in [0.1, 0.15) is 17.5 Å². The normalized spacial score (nSPS) is 20.1. The highest BCUT2D eigenvalue weighted by atomic mass is 35.5. The highest BCUT2D eigenvalue weighted by molar-refractivity contribution is 6.37. The minimum Gasteiger partial charge on any atom is -0.485 e. The lowest BCUT2D eigenvalue weighted by molar-refractivity contribution is -0.139. The van der Waals surface area contributed by atoms with Crippen LogP contribution in [0.4, 0.5) is 10.6 Å². The van der Waals surface area contributed by atoms with Crippen LogP contribution in [0.15, 0.2) is 48.7 Å². The molecule has 2 aromatic carbocycles. The number of ether oxygens (including phenoxy) is 2. The van der Waals surface area contributed by atoms with Crippen LogP contribution in [0.3, 0.4) is 0 Å². The van der Waals surface area contributed by atoms with E-state index < -0.39 is 17.6 Å². The number of aryl methyl sites for hydroxylation is 1. The Labute approximate surface area is 333 Å². The number of carbonyl (C=O) groups is 3. The zero-order valence-electron chi connectivity index (χ0n) is 31.7. The van der Waals surface area contributed by atoms with Crippen molar-refractivity contribution < 1.29 is 23.9 Å². The SMILES string of the molecule is CCNC(=O)Cc1ccc(Cl)c(CN(C(=O)[C@@H]2CN(C(=O)OC(C)(C)C)CC[C@H]2c2ccc(N3CC[C@@H](Oc4c(Cl)cc(C)cc4Cl)C3)nc2)C2CC2)c1. The van der Waals surface area contributed by atoms with Crippen LogP contribution >= 0.6 is 34.8 Å². The lowest BCUT2D eigenvalue weighted by Crippen LogP contribution is -2.51. The molecule has 0 radical (unpaired) electrons. The van der Waals surface area contributed by atoms with Crippen molar-refractivity contribution in [3.05, 3.63) is 86.0 Å². The van der Waals surface area contributed by atoms with E-state index in [1.165, 1.54) is 0 Å². The summed E-state index contributed by atoms with van der Waals surface area (Å²) < 4.78 is 12.0. The van der Waals surface area contributed by atoms with E-state index in [-0.39, 0.29) is 42.8 Å². The summed E-state index contributed by atoms with van der Waals surface area (Å²) >= 11 is 19.6. The number of aromatic nitrogens is 1. The first-order valence-corrected chi connectivity index (χ1v) is 20.0. The van der Waals surface area contributed by atoms with Crippen molar-refractivity contribution in [1.29, 1.82) is 0 Å². The standard InChI is InChI=1S/C41H50Cl3N5O5/c1-6-45-37(50)20-26-7-11-33(42)28(19-26)22-49(29-9-10-29)39(51)32-24-48(40(52)54-41(3,4)5)16-14-31(32)27-8-12-36(46-21-27)47-15-13-30(23-47)53-38-34(43)17-25(2)18-35(38)44/h7-8,11-12,17-19,21,29-32H,6,9-10,13-16,20,22-24H2,1-5H3,(H,45,50)/t30-,31+,32-/m1/s1. The molecular weight excluding hydrogens is 749 g/mol. The van der Waals surface area contributed by atoms with E-state index in [2.05, 4.69) is 16.3 Å². The number of piperidine rings is 1. The fourth-order valence-corrected chi connectivity index (χ4v) is 8.23. The third-order valence-corrected chi connectivity index (χ3v) is 11.1. The van der Waals surface area contributed by atoms with Crippen molar-refractivity contribution in [3.63, 3.8) is 0 Å². The van der Waals surface area contributed by atoms with Gasteiger partial charge in [0.2, 0.25) is 11.8 Å². The number of anilines is 1. The van der Waals surface area contributed by atoms with Gasteiger partial charge in [-0.1, -0.05) is 53.0 Å². The molecule has 0 bridgehead atoms. The van der Waals surface area contributed by atoms with Gasteiger partial charge in [0.15, 0.2) is 5.75 Å². The number of likely N-dealkylation sites (tertiary alicyclic amines) is 1. The number of hydrogen-bond acceptors (Lipinski definition) is 7. The predicted molar refractivity (Wildman–Crippen MR) is 213 cm³/mol. The van der Waals surface area contributed by atoms with E-state index in [4.69, 9.17) is 49.3 Å². The molecule has 13 heteroatoms. The summed E-state index contributed by atoms with van der Waals surface area (Å²) in [6, 6.07) is 13.4. The second-order valence-electron chi connectivity index (χ2n) is 15.7. The van der Waals surface area contributed by atoms with E-state index in [9.17, 15) is 14.4 Å². The van der Waals surface area contributed by atoms with Gasteiger partial charge in [0.25, 0.3) is 0 Å². The molecule has 1 aliphatic carbocycles. The van der Waals surface area contributed by atoms with Crippen LogP contribution in [-0.4, -0.2) is 83.2 Å². The number of nitrogens with zero attached hydrogens (tertiary/aromatic N) is 4. The average Bonchev–Trinajstić information content (AvgIpc) is 3.85. The van der Waals surface area contributed by atoms with E-state index in [0.29, 0.717) is 53.4 Å². The van der Waals surface area contributed by atoms with E-state index >= 15 is 0 Å². The minimum atomic E-state index is -0.665. The molecule has 0 unspecified atom stereocenters. The smallest absolute Gasteiger partial charge is 0.410 e. The number of nitrogens with one attached hydrogen (secondary N) is 1. The predicted octanol–water partition coefficient (Wildman–Crippen LogP) is 8.22.